The zero-order valence-electron chi connectivity index (χ0n) is 20.5. The molecule has 0 unspecified atom stereocenters. The lowest BCUT2D eigenvalue weighted by atomic mass is 9.97. The Labute approximate surface area is 209 Å². The van der Waals surface area contributed by atoms with Gasteiger partial charge >= 0.3 is 5.97 Å². The van der Waals surface area contributed by atoms with Crippen LogP contribution in [0.2, 0.25) is 0 Å². The highest BCUT2D eigenvalue weighted by Gasteiger charge is 2.17. The number of fused-ring (bicyclic) bond motifs is 3. The Morgan fingerprint density at radius 1 is 0.778 bits per heavy atom. The van der Waals surface area contributed by atoms with Gasteiger partial charge in [0.15, 0.2) is 5.78 Å². The first-order chi connectivity index (χ1) is 17.5. The molecule has 5 aromatic rings. The molecule has 5 rings (SSSR count). The number of carbonyl (C=O) groups excluding carboxylic acids is 2. The van der Waals surface area contributed by atoms with Crippen molar-refractivity contribution in [2.24, 2.45) is 5.16 Å². The Balaban J connectivity index is 1.70. The molecule has 1 heterocycles. The third kappa shape index (κ3) is 4.20. The van der Waals surface area contributed by atoms with E-state index in [2.05, 4.69) is 28.8 Å². The molecular formula is C31H26N2O3. The standard InChI is InChI=1S/C31H26N2O3/c1-4-33-28-16-14-23(30(32-36-21(3)34)22-11-6-5-7-12-22)18-26(28)27-19-24(15-17-29(27)33)31(35)25-13-9-8-10-20(25)2/h5-19H,4H2,1-3H3. The summed E-state index contributed by atoms with van der Waals surface area (Å²) in [5.74, 6) is -0.476. The van der Waals surface area contributed by atoms with Gasteiger partial charge in [-0.1, -0.05) is 65.8 Å². The predicted octanol–water partition coefficient (Wildman–Crippen LogP) is 6.67. The topological polar surface area (TPSA) is 60.7 Å². The van der Waals surface area contributed by atoms with E-state index in [0.717, 1.165) is 45.0 Å². The van der Waals surface area contributed by atoms with Crippen LogP contribution in [-0.2, 0) is 16.2 Å². The van der Waals surface area contributed by atoms with Gasteiger partial charge in [0, 0.05) is 57.5 Å². The van der Waals surface area contributed by atoms with Crippen molar-refractivity contribution in [3.8, 4) is 0 Å². The number of aryl methyl sites for hydroxylation is 2. The van der Waals surface area contributed by atoms with Gasteiger partial charge in [0.2, 0.25) is 0 Å². The SMILES string of the molecule is CCn1c2ccc(C(=O)c3ccccc3C)cc2c2cc(C(=NOC(C)=O)c3ccccc3)ccc21. The van der Waals surface area contributed by atoms with Gasteiger partial charge in [-0.05, 0) is 49.7 Å². The predicted molar refractivity (Wildman–Crippen MR) is 144 cm³/mol. The minimum absolute atomic E-state index is 0.00458. The fourth-order valence-corrected chi connectivity index (χ4v) is 4.69. The highest BCUT2D eigenvalue weighted by Crippen LogP contribution is 2.32. The van der Waals surface area contributed by atoms with E-state index >= 15 is 0 Å². The smallest absolute Gasteiger partial charge is 0.332 e. The van der Waals surface area contributed by atoms with Gasteiger partial charge in [-0.2, -0.15) is 0 Å². The van der Waals surface area contributed by atoms with Gasteiger partial charge < -0.3 is 9.40 Å². The quantitative estimate of drug-likeness (QED) is 0.120. The maximum absolute atomic E-state index is 13.4. The normalized spacial score (nSPS) is 11.7. The average molecular weight is 475 g/mol. The fraction of sp³-hybridized carbons (Fsp3) is 0.129. The van der Waals surface area contributed by atoms with E-state index < -0.39 is 5.97 Å². The van der Waals surface area contributed by atoms with Gasteiger partial charge in [0.25, 0.3) is 0 Å². The van der Waals surface area contributed by atoms with E-state index in [0.29, 0.717) is 16.8 Å². The second kappa shape index (κ2) is 9.62. The molecule has 36 heavy (non-hydrogen) atoms. The van der Waals surface area contributed by atoms with Crippen LogP contribution in [0.4, 0.5) is 0 Å². The maximum Gasteiger partial charge on any atom is 0.332 e. The highest BCUT2D eigenvalue weighted by molar-refractivity contribution is 6.18. The monoisotopic (exact) mass is 474 g/mol. The molecule has 0 aliphatic rings. The molecule has 4 aromatic carbocycles. The lowest BCUT2D eigenvalue weighted by Gasteiger charge is -2.08. The molecule has 0 aliphatic heterocycles. The summed E-state index contributed by atoms with van der Waals surface area (Å²) >= 11 is 0. The summed E-state index contributed by atoms with van der Waals surface area (Å²) < 4.78 is 2.24. The third-order valence-corrected chi connectivity index (χ3v) is 6.42. The van der Waals surface area contributed by atoms with Crippen LogP contribution >= 0.6 is 0 Å². The number of hydrogen-bond acceptors (Lipinski definition) is 4. The van der Waals surface area contributed by atoms with Crippen LogP contribution in [0.15, 0.2) is 96.2 Å². The second-order valence-electron chi connectivity index (χ2n) is 8.74. The van der Waals surface area contributed by atoms with E-state index in [1.54, 1.807) is 0 Å². The molecule has 0 saturated carbocycles. The molecule has 0 bridgehead atoms. The Morgan fingerprint density at radius 3 is 2.03 bits per heavy atom. The van der Waals surface area contributed by atoms with Crippen LogP contribution in [0.25, 0.3) is 21.8 Å². The van der Waals surface area contributed by atoms with E-state index in [1.807, 2.05) is 85.8 Å². The molecule has 5 heteroatoms. The lowest BCUT2D eigenvalue weighted by Crippen LogP contribution is -2.06. The number of benzene rings is 4. The molecule has 0 spiro atoms. The molecule has 5 nitrogen and oxygen atoms in total. The molecule has 0 radical (unpaired) electrons. The molecule has 0 saturated heterocycles. The molecule has 0 aliphatic carbocycles. The summed E-state index contributed by atoms with van der Waals surface area (Å²) in [5, 5.41) is 6.18. The maximum atomic E-state index is 13.4. The van der Waals surface area contributed by atoms with Crippen LogP contribution in [0, 0.1) is 6.92 Å². The van der Waals surface area contributed by atoms with Crippen molar-refractivity contribution in [2.75, 3.05) is 0 Å². The van der Waals surface area contributed by atoms with E-state index in [4.69, 9.17) is 4.84 Å². The molecule has 0 amide bonds. The van der Waals surface area contributed by atoms with Crippen LogP contribution in [0.1, 0.15) is 46.5 Å². The van der Waals surface area contributed by atoms with Crippen LogP contribution in [-0.4, -0.2) is 22.0 Å². The molecular weight excluding hydrogens is 448 g/mol. The second-order valence-corrected chi connectivity index (χ2v) is 8.74. The van der Waals surface area contributed by atoms with Crippen molar-refractivity contribution in [3.63, 3.8) is 0 Å². The Morgan fingerprint density at radius 2 is 1.39 bits per heavy atom. The van der Waals surface area contributed by atoms with Crippen LogP contribution in [0.3, 0.4) is 0 Å². The minimum atomic E-state index is -0.480. The average Bonchev–Trinajstić information content (AvgIpc) is 3.21. The molecule has 0 fully saturated rings. The van der Waals surface area contributed by atoms with Crippen LogP contribution < -0.4 is 0 Å². The van der Waals surface area contributed by atoms with Crippen molar-refractivity contribution < 1.29 is 14.4 Å². The summed E-state index contributed by atoms with van der Waals surface area (Å²) in [7, 11) is 0. The summed E-state index contributed by atoms with van der Waals surface area (Å²) in [6.07, 6.45) is 0. The largest absolute Gasteiger partial charge is 0.341 e. The van der Waals surface area contributed by atoms with E-state index in [9.17, 15) is 9.59 Å². The molecule has 1 aromatic heterocycles. The zero-order chi connectivity index (χ0) is 25.2. The third-order valence-electron chi connectivity index (χ3n) is 6.42. The molecule has 0 N–H and O–H groups in total. The first kappa shape index (κ1) is 23.2. The van der Waals surface area contributed by atoms with Gasteiger partial charge in [0.05, 0.1) is 0 Å². The van der Waals surface area contributed by atoms with Gasteiger partial charge in [0.1, 0.15) is 5.71 Å². The van der Waals surface area contributed by atoms with Crippen molar-refractivity contribution in [2.45, 2.75) is 27.3 Å². The van der Waals surface area contributed by atoms with Crippen molar-refractivity contribution in [1.29, 1.82) is 0 Å². The lowest BCUT2D eigenvalue weighted by molar-refractivity contribution is -0.140. The number of rotatable bonds is 6. The summed E-state index contributed by atoms with van der Waals surface area (Å²) in [4.78, 5) is 29.9. The van der Waals surface area contributed by atoms with Crippen molar-refractivity contribution in [3.05, 3.63) is 119 Å². The Bertz CT molecular complexity index is 1650. The van der Waals surface area contributed by atoms with Gasteiger partial charge in [-0.3, -0.25) is 4.79 Å². The first-order valence-electron chi connectivity index (χ1n) is 12.0. The van der Waals surface area contributed by atoms with Gasteiger partial charge in [-0.15, -0.1) is 0 Å². The molecule has 0 atom stereocenters. The van der Waals surface area contributed by atoms with E-state index in [-0.39, 0.29) is 5.78 Å². The van der Waals surface area contributed by atoms with Crippen LogP contribution in [0.5, 0.6) is 0 Å². The zero-order valence-corrected chi connectivity index (χ0v) is 20.5. The highest BCUT2D eigenvalue weighted by atomic mass is 16.7. The number of hydrogen-bond donors (Lipinski definition) is 0. The number of oxime groups is 1. The number of carbonyl (C=O) groups is 2. The summed E-state index contributed by atoms with van der Waals surface area (Å²) in [5.41, 5.74) is 6.66. The van der Waals surface area contributed by atoms with Crippen molar-refractivity contribution >= 4 is 39.3 Å². The fourth-order valence-electron chi connectivity index (χ4n) is 4.69. The van der Waals surface area contributed by atoms with E-state index in [1.165, 1.54) is 6.92 Å². The minimum Gasteiger partial charge on any atom is -0.341 e. The Kier molecular flexibility index (Phi) is 6.21. The number of ketones is 1. The summed E-state index contributed by atoms with van der Waals surface area (Å²) in [6.45, 7) is 6.18. The number of nitrogens with zero attached hydrogens (tertiary/aromatic N) is 2. The molecule has 178 valence electrons. The Hall–Kier alpha value is -4.51. The number of aromatic nitrogens is 1. The van der Waals surface area contributed by atoms with Crippen molar-refractivity contribution in [1.82, 2.24) is 4.57 Å². The summed E-state index contributed by atoms with van der Waals surface area (Å²) in [6, 6.07) is 29.3. The van der Waals surface area contributed by atoms with Gasteiger partial charge in [-0.25, -0.2) is 4.79 Å². The first-order valence-corrected chi connectivity index (χ1v) is 12.0.